The van der Waals surface area contributed by atoms with Gasteiger partial charge in [-0.25, -0.2) is 0 Å². The van der Waals surface area contributed by atoms with Gasteiger partial charge in [-0.3, -0.25) is 4.79 Å². The number of hydrogen-bond donors (Lipinski definition) is 1. The van der Waals surface area contributed by atoms with Gasteiger partial charge in [-0.15, -0.1) is 11.6 Å². The fourth-order valence-electron chi connectivity index (χ4n) is 1.42. The first-order chi connectivity index (χ1) is 8.00. The number of benzene rings is 1. The lowest BCUT2D eigenvalue weighted by molar-refractivity contribution is 0.0953. The van der Waals surface area contributed by atoms with Gasteiger partial charge >= 0.3 is 0 Å². The van der Waals surface area contributed by atoms with Crippen LogP contribution >= 0.6 is 23.2 Å². The van der Waals surface area contributed by atoms with Crippen LogP contribution in [-0.4, -0.2) is 17.8 Å². The average Bonchev–Trinajstić information content (AvgIpc) is 2.27. The van der Waals surface area contributed by atoms with E-state index in [-0.39, 0.29) is 11.3 Å². The molecule has 0 fully saturated rings. The van der Waals surface area contributed by atoms with E-state index in [1.54, 1.807) is 12.1 Å². The van der Waals surface area contributed by atoms with Crippen LogP contribution in [-0.2, 0) is 0 Å². The standard InChI is InChI=1S/C13H17Cl2NO/c1-9-5-6-11(8-12(9)15)13(17)16-7-3-4-10(2)14/h5-6,8,10H,3-4,7H2,1-2H3,(H,16,17). The summed E-state index contributed by atoms with van der Waals surface area (Å²) in [5.41, 5.74) is 1.57. The second kappa shape index (κ2) is 6.87. The summed E-state index contributed by atoms with van der Waals surface area (Å²) < 4.78 is 0. The second-order valence-electron chi connectivity index (χ2n) is 4.14. The Hall–Kier alpha value is -0.730. The average molecular weight is 274 g/mol. The molecule has 0 aliphatic rings. The molecule has 1 unspecified atom stereocenters. The second-order valence-corrected chi connectivity index (χ2v) is 5.30. The van der Waals surface area contributed by atoms with Gasteiger partial charge in [0, 0.05) is 22.5 Å². The number of carbonyl (C=O) groups excluding carboxylic acids is 1. The molecule has 0 spiro atoms. The van der Waals surface area contributed by atoms with Gasteiger partial charge in [0.25, 0.3) is 5.91 Å². The minimum absolute atomic E-state index is 0.0888. The first-order valence-corrected chi connectivity index (χ1v) is 6.50. The maximum atomic E-state index is 11.8. The van der Waals surface area contributed by atoms with Gasteiger partial charge in [0.05, 0.1) is 0 Å². The number of nitrogens with one attached hydrogen (secondary N) is 1. The maximum absolute atomic E-state index is 11.8. The van der Waals surface area contributed by atoms with Crippen molar-refractivity contribution in [1.29, 1.82) is 0 Å². The number of halogens is 2. The van der Waals surface area contributed by atoms with Crippen LogP contribution in [0.2, 0.25) is 5.02 Å². The van der Waals surface area contributed by atoms with Gasteiger partial charge < -0.3 is 5.32 Å². The van der Waals surface area contributed by atoms with E-state index in [1.165, 1.54) is 0 Å². The predicted molar refractivity (Wildman–Crippen MR) is 73.1 cm³/mol. The van der Waals surface area contributed by atoms with Crippen LogP contribution in [0.15, 0.2) is 18.2 Å². The molecule has 0 aliphatic heterocycles. The van der Waals surface area contributed by atoms with Crippen molar-refractivity contribution in [3.05, 3.63) is 34.3 Å². The zero-order valence-electron chi connectivity index (χ0n) is 10.1. The lowest BCUT2D eigenvalue weighted by Crippen LogP contribution is -2.24. The molecule has 0 aliphatic carbocycles. The molecule has 0 heterocycles. The van der Waals surface area contributed by atoms with Crippen molar-refractivity contribution in [1.82, 2.24) is 5.32 Å². The summed E-state index contributed by atoms with van der Waals surface area (Å²) in [5.74, 6) is -0.0888. The molecule has 1 rings (SSSR count). The maximum Gasteiger partial charge on any atom is 0.251 e. The highest BCUT2D eigenvalue weighted by Crippen LogP contribution is 2.16. The Morgan fingerprint density at radius 2 is 2.18 bits per heavy atom. The molecular formula is C13H17Cl2NO. The van der Waals surface area contributed by atoms with Crippen molar-refractivity contribution < 1.29 is 4.79 Å². The van der Waals surface area contributed by atoms with Crippen molar-refractivity contribution >= 4 is 29.1 Å². The van der Waals surface area contributed by atoms with Crippen LogP contribution in [0.1, 0.15) is 35.7 Å². The highest BCUT2D eigenvalue weighted by molar-refractivity contribution is 6.31. The molecule has 0 radical (unpaired) electrons. The summed E-state index contributed by atoms with van der Waals surface area (Å²) >= 11 is 11.8. The molecule has 0 saturated carbocycles. The largest absolute Gasteiger partial charge is 0.352 e. The fourth-order valence-corrected chi connectivity index (χ4v) is 1.76. The van der Waals surface area contributed by atoms with Crippen molar-refractivity contribution in [3.63, 3.8) is 0 Å². The Labute approximate surface area is 112 Å². The molecule has 2 nitrogen and oxygen atoms in total. The summed E-state index contributed by atoms with van der Waals surface area (Å²) in [6.45, 7) is 4.50. The quantitative estimate of drug-likeness (QED) is 0.642. The summed E-state index contributed by atoms with van der Waals surface area (Å²) in [4.78, 5) is 11.8. The molecule has 1 aromatic rings. The van der Waals surface area contributed by atoms with E-state index in [1.807, 2.05) is 19.9 Å². The van der Waals surface area contributed by atoms with Crippen LogP contribution in [0.3, 0.4) is 0 Å². The van der Waals surface area contributed by atoms with Crippen LogP contribution in [0.25, 0.3) is 0 Å². The minimum atomic E-state index is -0.0888. The number of amides is 1. The third-order valence-electron chi connectivity index (χ3n) is 2.50. The Morgan fingerprint density at radius 1 is 1.47 bits per heavy atom. The molecule has 1 amide bonds. The van der Waals surface area contributed by atoms with Gasteiger partial charge in [0.2, 0.25) is 0 Å². The predicted octanol–water partition coefficient (Wildman–Crippen LogP) is 3.79. The lowest BCUT2D eigenvalue weighted by atomic mass is 10.1. The first kappa shape index (κ1) is 14.3. The van der Waals surface area contributed by atoms with Crippen LogP contribution < -0.4 is 5.32 Å². The number of alkyl halides is 1. The van der Waals surface area contributed by atoms with E-state index in [4.69, 9.17) is 23.2 Å². The molecule has 1 atom stereocenters. The van der Waals surface area contributed by atoms with Crippen molar-refractivity contribution in [2.24, 2.45) is 0 Å². The van der Waals surface area contributed by atoms with Gasteiger partial charge in [0.1, 0.15) is 0 Å². The van der Waals surface area contributed by atoms with Crippen LogP contribution in [0.5, 0.6) is 0 Å². The Bertz CT molecular complexity index is 391. The van der Waals surface area contributed by atoms with Crippen molar-refractivity contribution in [2.45, 2.75) is 32.1 Å². The lowest BCUT2D eigenvalue weighted by Gasteiger charge is -2.07. The Morgan fingerprint density at radius 3 is 2.76 bits per heavy atom. The molecule has 17 heavy (non-hydrogen) atoms. The zero-order chi connectivity index (χ0) is 12.8. The first-order valence-electron chi connectivity index (χ1n) is 5.69. The Kier molecular flexibility index (Phi) is 5.79. The molecular weight excluding hydrogens is 257 g/mol. The molecule has 0 bridgehead atoms. The van der Waals surface area contributed by atoms with Gasteiger partial charge in [-0.05, 0) is 44.4 Å². The van der Waals surface area contributed by atoms with E-state index >= 15 is 0 Å². The zero-order valence-corrected chi connectivity index (χ0v) is 11.6. The van der Waals surface area contributed by atoms with E-state index in [0.717, 1.165) is 18.4 Å². The number of rotatable bonds is 5. The smallest absolute Gasteiger partial charge is 0.251 e. The van der Waals surface area contributed by atoms with Crippen molar-refractivity contribution in [3.8, 4) is 0 Å². The number of hydrogen-bond acceptors (Lipinski definition) is 1. The summed E-state index contributed by atoms with van der Waals surface area (Å²) in [5, 5.41) is 3.62. The third-order valence-corrected chi connectivity index (χ3v) is 3.12. The summed E-state index contributed by atoms with van der Waals surface area (Å²) in [6.07, 6.45) is 1.78. The molecule has 0 saturated heterocycles. The Balaban J connectivity index is 2.44. The normalized spacial score (nSPS) is 12.2. The third kappa shape index (κ3) is 4.97. The minimum Gasteiger partial charge on any atom is -0.352 e. The van der Waals surface area contributed by atoms with E-state index in [9.17, 15) is 4.79 Å². The highest BCUT2D eigenvalue weighted by Gasteiger charge is 2.06. The highest BCUT2D eigenvalue weighted by atomic mass is 35.5. The van der Waals surface area contributed by atoms with Gasteiger partial charge in [0.15, 0.2) is 0 Å². The monoisotopic (exact) mass is 273 g/mol. The molecule has 1 N–H and O–H groups in total. The van der Waals surface area contributed by atoms with Gasteiger partial charge in [-0.1, -0.05) is 17.7 Å². The summed E-state index contributed by atoms with van der Waals surface area (Å²) in [6, 6.07) is 5.31. The van der Waals surface area contributed by atoms with E-state index in [0.29, 0.717) is 17.1 Å². The van der Waals surface area contributed by atoms with Crippen molar-refractivity contribution in [2.75, 3.05) is 6.54 Å². The molecule has 94 valence electrons. The molecule has 1 aromatic carbocycles. The summed E-state index contributed by atoms with van der Waals surface area (Å²) in [7, 11) is 0. The van der Waals surface area contributed by atoms with E-state index in [2.05, 4.69) is 5.32 Å². The van der Waals surface area contributed by atoms with E-state index < -0.39 is 0 Å². The number of carbonyl (C=O) groups is 1. The topological polar surface area (TPSA) is 29.1 Å². The van der Waals surface area contributed by atoms with Crippen LogP contribution in [0, 0.1) is 6.92 Å². The fraction of sp³-hybridized carbons (Fsp3) is 0.462. The molecule has 0 aromatic heterocycles. The SMILES string of the molecule is Cc1ccc(C(=O)NCCCC(C)Cl)cc1Cl. The van der Waals surface area contributed by atoms with Crippen LogP contribution in [0.4, 0.5) is 0 Å². The number of aryl methyl sites for hydroxylation is 1. The van der Waals surface area contributed by atoms with Gasteiger partial charge in [-0.2, -0.15) is 0 Å². The molecule has 4 heteroatoms.